The molecule has 2 heterocycles. The lowest BCUT2D eigenvalue weighted by Crippen LogP contribution is -2.48. The van der Waals surface area contributed by atoms with E-state index in [-0.39, 0.29) is 17.8 Å². The number of pyridine rings is 1. The van der Waals surface area contributed by atoms with Gasteiger partial charge in [-0.05, 0) is 61.2 Å². The summed E-state index contributed by atoms with van der Waals surface area (Å²) in [5.41, 5.74) is 5.08. The summed E-state index contributed by atoms with van der Waals surface area (Å²) in [6, 6.07) is 11.8. The van der Waals surface area contributed by atoms with Crippen LogP contribution >= 0.6 is 0 Å². The van der Waals surface area contributed by atoms with E-state index in [1.807, 2.05) is 43.0 Å². The number of nitrogens with one attached hydrogen (secondary N) is 1. The highest BCUT2D eigenvalue weighted by Crippen LogP contribution is 2.18. The van der Waals surface area contributed by atoms with Crippen LogP contribution in [0.1, 0.15) is 69.2 Å². The number of unbranched alkanes of at least 4 members (excludes halogenated alkanes) is 3. The number of hydroxylamine groups is 1. The molecule has 1 aromatic heterocycles. The van der Waals surface area contributed by atoms with E-state index < -0.39 is 0 Å². The average Bonchev–Trinajstić information content (AvgIpc) is 3.00. The minimum Gasteiger partial charge on any atom is -0.462 e. The third-order valence-electron chi connectivity index (χ3n) is 6.62. The number of aromatic nitrogens is 1. The molecule has 1 aliphatic heterocycles. The molecule has 2 aromatic rings. The molecule has 218 valence electrons. The Morgan fingerprint density at radius 2 is 1.61 bits per heavy atom. The lowest BCUT2D eigenvalue weighted by atomic mass is 10.1. The molecule has 0 bridgehead atoms. The number of piperazine rings is 1. The second kappa shape index (κ2) is 16.8. The third kappa shape index (κ3) is 11.5. The van der Waals surface area contributed by atoms with Crippen LogP contribution in [0.25, 0.3) is 6.08 Å². The number of nitrogens with zero attached hydrogens (tertiary/aromatic N) is 3. The van der Waals surface area contributed by atoms with Gasteiger partial charge >= 0.3 is 5.97 Å². The zero-order chi connectivity index (χ0) is 29.5. The molecular weight excluding hydrogens is 520 g/mol. The fraction of sp³-hybridized carbons (Fsp3) is 0.438. The Labute approximate surface area is 242 Å². The first-order valence-corrected chi connectivity index (χ1v) is 14.2. The van der Waals surface area contributed by atoms with E-state index in [2.05, 4.69) is 33.9 Å². The topological polar surface area (TPSA) is 112 Å². The number of ether oxygens (including phenoxy) is 1. The van der Waals surface area contributed by atoms with Gasteiger partial charge in [-0.15, -0.1) is 0 Å². The van der Waals surface area contributed by atoms with Crippen molar-refractivity contribution in [3.8, 4) is 11.8 Å². The number of esters is 1. The van der Waals surface area contributed by atoms with Crippen LogP contribution in [-0.2, 0) is 19.1 Å². The Morgan fingerprint density at radius 3 is 2.24 bits per heavy atom. The molecular formula is C32H40N4O5. The largest absolute Gasteiger partial charge is 0.462 e. The Balaban J connectivity index is 1.39. The third-order valence-corrected chi connectivity index (χ3v) is 6.62. The maximum absolute atomic E-state index is 12.6. The quantitative estimate of drug-likeness (QED) is 0.1000. The number of carbonyl (C=O) groups excluding carboxylic acids is 3. The zero-order valence-electron chi connectivity index (χ0n) is 24.0. The molecule has 0 radical (unpaired) electrons. The van der Waals surface area contributed by atoms with E-state index in [9.17, 15) is 14.4 Å². The molecule has 9 heteroatoms. The summed E-state index contributed by atoms with van der Waals surface area (Å²) in [6.07, 6.45) is 8.82. The Bertz CT molecular complexity index is 1220. The van der Waals surface area contributed by atoms with Gasteiger partial charge in [0.1, 0.15) is 0 Å². The first kappa shape index (κ1) is 31.4. The summed E-state index contributed by atoms with van der Waals surface area (Å²) < 4.78 is 5.12. The maximum atomic E-state index is 12.6. The van der Waals surface area contributed by atoms with Gasteiger partial charge in [-0.2, -0.15) is 0 Å². The molecule has 1 aliphatic rings. The van der Waals surface area contributed by atoms with Gasteiger partial charge in [-0.1, -0.05) is 38.5 Å². The van der Waals surface area contributed by atoms with Crippen LogP contribution in [-0.4, -0.2) is 65.7 Å². The maximum Gasteiger partial charge on any atom is 0.330 e. The second-order valence-electron chi connectivity index (χ2n) is 10.4. The highest BCUT2D eigenvalue weighted by Gasteiger charge is 2.20. The standard InChI is InChI=1S/C32H40N4O5/c1-25(2)24-41-32(39)18-15-28-14-11-27(23-33-28)10-9-26-12-16-29(17-13-26)35-19-21-36(22-20-35)31(38)8-6-4-3-5-7-30(37)34-40/h11-18,23,25,40H,3-8,19-22,24H2,1-2H3,(H,34,37)/b18-15+. The van der Waals surface area contributed by atoms with Crippen molar-refractivity contribution in [2.75, 3.05) is 37.7 Å². The summed E-state index contributed by atoms with van der Waals surface area (Å²) in [5, 5.41) is 8.50. The van der Waals surface area contributed by atoms with Crippen LogP contribution in [0.4, 0.5) is 5.69 Å². The lowest BCUT2D eigenvalue weighted by Gasteiger charge is -2.36. The van der Waals surface area contributed by atoms with Crippen molar-refractivity contribution in [1.82, 2.24) is 15.4 Å². The first-order valence-electron chi connectivity index (χ1n) is 14.2. The van der Waals surface area contributed by atoms with E-state index in [4.69, 9.17) is 9.94 Å². The number of hydrogen-bond donors (Lipinski definition) is 2. The molecule has 0 saturated carbocycles. The minimum atomic E-state index is -0.379. The average molecular weight is 561 g/mol. The smallest absolute Gasteiger partial charge is 0.330 e. The van der Waals surface area contributed by atoms with Gasteiger partial charge in [-0.25, -0.2) is 10.3 Å². The van der Waals surface area contributed by atoms with Crippen molar-refractivity contribution in [3.63, 3.8) is 0 Å². The van der Waals surface area contributed by atoms with Crippen LogP contribution in [0.2, 0.25) is 0 Å². The first-order chi connectivity index (χ1) is 19.8. The summed E-state index contributed by atoms with van der Waals surface area (Å²) in [7, 11) is 0. The summed E-state index contributed by atoms with van der Waals surface area (Å²) in [5.74, 6) is 6.03. The van der Waals surface area contributed by atoms with E-state index in [1.165, 1.54) is 6.08 Å². The van der Waals surface area contributed by atoms with Crippen LogP contribution in [0.15, 0.2) is 48.7 Å². The molecule has 1 saturated heterocycles. The van der Waals surface area contributed by atoms with E-state index in [1.54, 1.807) is 17.8 Å². The Kier molecular flexibility index (Phi) is 12.9. The fourth-order valence-corrected chi connectivity index (χ4v) is 4.27. The van der Waals surface area contributed by atoms with Crippen molar-refractivity contribution in [1.29, 1.82) is 0 Å². The molecule has 9 nitrogen and oxygen atoms in total. The molecule has 0 spiro atoms. The summed E-state index contributed by atoms with van der Waals surface area (Å²) in [4.78, 5) is 43.8. The summed E-state index contributed by atoms with van der Waals surface area (Å²) >= 11 is 0. The molecule has 2 N–H and O–H groups in total. The number of anilines is 1. The number of rotatable bonds is 12. The molecule has 2 amide bonds. The summed E-state index contributed by atoms with van der Waals surface area (Å²) in [6.45, 7) is 7.34. The molecule has 1 fully saturated rings. The molecule has 1 aromatic carbocycles. The second-order valence-corrected chi connectivity index (χ2v) is 10.4. The van der Waals surface area contributed by atoms with Crippen molar-refractivity contribution in [3.05, 3.63) is 65.5 Å². The van der Waals surface area contributed by atoms with E-state index >= 15 is 0 Å². The number of carbonyl (C=O) groups is 3. The van der Waals surface area contributed by atoms with Crippen LogP contribution in [0, 0.1) is 17.8 Å². The van der Waals surface area contributed by atoms with Gasteiger partial charge in [0, 0.05) is 68.1 Å². The number of hydrogen-bond acceptors (Lipinski definition) is 7. The Morgan fingerprint density at radius 1 is 0.951 bits per heavy atom. The highest BCUT2D eigenvalue weighted by atomic mass is 16.5. The normalized spacial score (nSPS) is 13.2. The van der Waals surface area contributed by atoms with Crippen LogP contribution in [0.5, 0.6) is 0 Å². The molecule has 3 rings (SSSR count). The molecule has 0 aliphatic carbocycles. The molecule has 0 atom stereocenters. The van der Waals surface area contributed by atoms with Gasteiger partial charge in [0.2, 0.25) is 11.8 Å². The predicted molar refractivity (Wildman–Crippen MR) is 158 cm³/mol. The van der Waals surface area contributed by atoms with Crippen LogP contribution in [0.3, 0.4) is 0 Å². The van der Waals surface area contributed by atoms with E-state index in [0.29, 0.717) is 50.6 Å². The van der Waals surface area contributed by atoms with Gasteiger partial charge in [0.05, 0.1) is 12.3 Å². The van der Waals surface area contributed by atoms with Gasteiger partial charge in [0.15, 0.2) is 0 Å². The van der Waals surface area contributed by atoms with Crippen LogP contribution < -0.4 is 10.4 Å². The Hall–Kier alpha value is -4.16. The SMILES string of the molecule is CC(C)COC(=O)/C=C/c1ccc(C#Cc2ccc(N3CCN(C(=O)CCCCCCC(=O)NO)CC3)cc2)cn1. The number of amides is 2. The van der Waals surface area contributed by atoms with Gasteiger partial charge in [-0.3, -0.25) is 19.8 Å². The van der Waals surface area contributed by atoms with Crippen molar-refractivity contribution < 1.29 is 24.3 Å². The van der Waals surface area contributed by atoms with Crippen molar-refractivity contribution in [2.24, 2.45) is 5.92 Å². The lowest BCUT2D eigenvalue weighted by molar-refractivity contribution is -0.138. The minimum absolute atomic E-state index is 0.186. The fourth-order valence-electron chi connectivity index (χ4n) is 4.27. The highest BCUT2D eigenvalue weighted by molar-refractivity contribution is 5.86. The van der Waals surface area contributed by atoms with Crippen molar-refractivity contribution >= 4 is 29.5 Å². The van der Waals surface area contributed by atoms with E-state index in [0.717, 1.165) is 49.2 Å². The molecule has 41 heavy (non-hydrogen) atoms. The monoisotopic (exact) mass is 560 g/mol. The van der Waals surface area contributed by atoms with Crippen molar-refractivity contribution in [2.45, 2.75) is 52.4 Å². The van der Waals surface area contributed by atoms with Gasteiger partial charge < -0.3 is 14.5 Å². The predicted octanol–water partition coefficient (Wildman–Crippen LogP) is 4.19. The number of benzene rings is 1. The van der Waals surface area contributed by atoms with Gasteiger partial charge in [0.25, 0.3) is 0 Å². The molecule has 0 unspecified atom stereocenters. The zero-order valence-corrected chi connectivity index (χ0v) is 24.0.